The third kappa shape index (κ3) is 3.05. The summed E-state index contributed by atoms with van der Waals surface area (Å²) in [7, 11) is 2.25. The second kappa shape index (κ2) is 5.91. The summed E-state index contributed by atoms with van der Waals surface area (Å²) in [5, 5.41) is 5.16. The van der Waals surface area contributed by atoms with Gasteiger partial charge in [-0.2, -0.15) is 16.9 Å². The van der Waals surface area contributed by atoms with E-state index in [1.54, 1.807) is 0 Å². The van der Waals surface area contributed by atoms with Crippen molar-refractivity contribution in [3.05, 3.63) is 18.0 Å². The topological polar surface area (TPSA) is 21.1 Å². The van der Waals surface area contributed by atoms with E-state index in [-0.39, 0.29) is 0 Å². The summed E-state index contributed by atoms with van der Waals surface area (Å²) in [6.45, 7) is 4.11. The number of aryl methyl sites for hydroxylation is 1. The average molecular weight is 253 g/mol. The smallest absolute Gasteiger partial charge is 0.0534 e. The molecule has 3 nitrogen and oxygen atoms in total. The quantitative estimate of drug-likeness (QED) is 0.805. The van der Waals surface area contributed by atoms with Crippen LogP contribution in [0, 0.1) is 0 Å². The van der Waals surface area contributed by atoms with Crippen molar-refractivity contribution in [2.45, 2.75) is 50.6 Å². The minimum atomic E-state index is 0.745. The fourth-order valence-electron chi connectivity index (χ4n) is 2.75. The van der Waals surface area contributed by atoms with Crippen LogP contribution in [0.15, 0.2) is 12.4 Å². The van der Waals surface area contributed by atoms with Gasteiger partial charge in [-0.05, 0) is 33.1 Å². The molecule has 1 aromatic heterocycles. The van der Waals surface area contributed by atoms with Crippen molar-refractivity contribution in [3.63, 3.8) is 0 Å². The van der Waals surface area contributed by atoms with E-state index < -0.39 is 0 Å². The Morgan fingerprint density at radius 1 is 1.53 bits per heavy atom. The monoisotopic (exact) mass is 253 g/mol. The summed E-state index contributed by atoms with van der Waals surface area (Å²) in [5.41, 5.74) is 1.33. The molecule has 0 amide bonds. The molecule has 1 aliphatic rings. The molecule has 0 radical (unpaired) electrons. The van der Waals surface area contributed by atoms with Gasteiger partial charge in [0.2, 0.25) is 0 Å². The van der Waals surface area contributed by atoms with Crippen LogP contribution in [0.2, 0.25) is 0 Å². The lowest BCUT2D eigenvalue weighted by Crippen LogP contribution is -2.35. The van der Waals surface area contributed by atoms with Crippen LogP contribution < -0.4 is 0 Å². The van der Waals surface area contributed by atoms with Gasteiger partial charge in [0.25, 0.3) is 0 Å². The van der Waals surface area contributed by atoms with Gasteiger partial charge in [-0.15, -0.1) is 0 Å². The Morgan fingerprint density at radius 3 is 3.00 bits per heavy atom. The van der Waals surface area contributed by atoms with Gasteiger partial charge in [0.05, 0.1) is 6.20 Å². The first-order valence-electron chi connectivity index (χ1n) is 6.49. The highest BCUT2D eigenvalue weighted by Crippen LogP contribution is 2.32. The van der Waals surface area contributed by atoms with Gasteiger partial charge in [-0.3, -0.25) is 9.58 Å². The second-order valence-corrected chi connectivity index (χ2v) is 5.97. The SMILES string of the molecule is CCn1cc(CN(C)[C@@H]2CCC[C@H]2SC)cn1. The minimum Gasteiger partial charge on any atom is -0.298 e. The molecule has 96 valence electrons. The van der Waals surface area contributed by atoms with Crippen molar-refractivity contribution in [3.8, 4) is 0 Å². The van der Waals surface area contributed by atoms with Crippen molar-refractivity contribution in [2.24, 2.45) is 0 Å². The molecule has 17 heavy (non-hydrogen) atoms. The number of nitrogens with zero attached hydrogens (tertiary/aromatic N) is 3. The summed E-state index contributed by atoms with van der Waals surface area (Å²) in [6.07, 6.45) is 10.5. The molecule has 2 atom stereocenters. The number of hydrogen-bond acceptors (Lipinski definition) is 3. The molecule has 1 saturated carbocycles. The molecule has 2 rings (SSSR count). The Morgan fingerprint density at radius 2 is 2.35 bits per heavy atom. The first kappa shape index (κ1) is 13.0. The molecule has 0 aliphatic heterocycles. The van der Waals surface area contributed by atoms with Crippen LogP contribution in [-0.4, -0.2) is 39.3 Å². The molecule has 0 unspecified atom stereocenters. The molecule has 0 saturated heterocycles. The Balaban J connectivity index is 1.93. The standard InChI is InChI=1S/C13H23N3S/c1-4-16-10-11(8-14-16)9-15(2)12-6-5-7-13(12)17-3/h8,10,12-13H,4-7,9H2,1-3H3/t12-,13-/m1/s1. The van der Waals surface area contributed by atoms with E-state index in [1.807, 2.05) is 22.6 Å². The Bertz CT molecular complexity index is 350. The third-order valence-electron chi connectivity index (χ3n) is 3.73. The molecule has 1 fully saturated rings. The van der Waals surface area contributed by atoms with Gasteiger partial charge in [0, 0.05) is 36.1 Å². The lowest BCUT2D eigenvalue weighted by Gasteiger charge is -2.28. The summed E-state index contributed by atoms with van der Waals surface area (Å²) in [6, 6.07) is 0.745. The van der Waals surface area contributed by atoms with E-state index in [4.69, 9.17) is 0 Å². The predicted octanol–water partition coefficient (Wildman–Crippen LogP) is 2.62. The van der Waals surface area contributed by atoms with Crippen molar-refractivity contribution in [1.82, 2.24) is 14.7 Å². The molecule has 4 heteroatoms. The third-order valence-corrected chi connectivity index (χ3v) is 4.88. The average Bonchev–Trinajstić information content (AvgIpc) is 2.96. The van der Waals surface area contributed by atoms with Gasteiger partial charge in [0.15, 0.2) is 0 Å². The Hall–Kier alpha value is -0.480. The van der Waals surface area contributed by atoms with E-state index in [0.717, 1.165) is 24.4 Å². The number of thioether (sulfide) groups is 1. The highest BCUT2D eigenvalue weighted by atomic mass is 32.2. The van der Waals surface area contributed by atoms with Crippen molar-refractivity contribution < 1.29 is 0 Å². The molecule has 0 N–H and O–H groups in total. The largest absolute Gasteiger partial charge is 0.298 e. The number of rotatable bonds is 5. The molecule has 0 spiro atoms. The van der Waals surface area contributed by atoms with Crippen LogP contribution in [0.1, 0.15) is 31.7 Å². The van der Waals surface area contributed by atoms with Gasteiger partial charge in [-0.25, -0.2) is 0 Å². The number of aromatic nitrogens is 2. The van der Waals surface area contributed by atoms with E-state index in [2.05, 4.69) is 36.4 Å². The lowest BCUT2D eigenvalue weighted by atomic mass is 10.2. The maximum absolute atomic E-state index is 4.34. The minimum absolute atomic E-state index is 0.745. The van der Waals surface area contributed by atoms with E-state index >= 15 is 0 Å². The lowest BCUT2D eigenvalue weighted by molar-refractivity contribution is 0.241. The zero-order chi connectivity index (χ0) is 12.3. The Labute approximate surface area is 109 Å². The normalized spacial score (nSPS) is 24.7. The fourth-order valence-corrected chi connectivity index (χ4v) is 3.81. The van der Waals surface area contributed by atoms with E-state index in [1.165, 1.54) is 24.8 Å². The molecular formula is C13H23N3S. The summed E-state index contributed by atoms with van der Waals surface area (Å²) < 4.78 is 2.00. The molecule has 1 heterocycles. The van der Waals surface area contributed by atoms with Crippen molar-refractivity contribution >= 4 is 11.8 Å². The molecule has 1 aliphatic carbocycles. The number of hydrogen-bond donors (Lipinski definition) is 0. The zero-order valence-electron chi connectivity index (χ0n) is 11.1. The van der Waals surface area contributed by atoms with Gasteiger partial charge in [-0.1, -0.05) is 6.42 Å². The molecule has 0 aromatic carbocycles. The van der Waals surface area contributed by atoms with Crippen LogP contribution in [-0.2, 0) is 13.1 Å². The fraction of sp³-hybridized carbons (Fsp3) is 0.769. The molecule has 0 bridgehead atoms. The van der Waals surface area contributed by atoms with Crippen molar-refractivity contribution in [2.75, 3.05) is 13.3 Å². The summed E-state index contributed by atoms with van der Waals surface area (Å²) >= 11 is 2.03. The van der Waals surface area contributed by atoms with Gasteiger partial charge >= 0.3 is 0 Å². The van der Waals surface area contributed by atoms with Crippen LogP contribution in [0.4, 0.5) is 0 Å². The molecule has 1 aromatic rings. The molecular weight excluding hydrogens is 230 g/mol. The first-order chi connectivity index (χ1) is 8.24. The predicted molar refractivity (Wildman–Crippen MR) is 74.3 cm³/mol. The second-order valence-electron chi connectivity index (χ2n) is 4.89. The Kier molecular flexibility index (Phi) is 4.51. The zero-order valence-corrected chi connectivity index (χ0v) is 11.9. The maximum atomic E-state index is 4.34. The van der Waals surface area contributed by atoms with Crippen LogP contribution in [0.3, 0.4) is 0 Å². The maximum Gasteiger partial charge on any atom is 0.0534 e. The van der Waals surface area contributed by atoms with Gasteiger partial charge < -0.3 is 0 Å². The van der Waals surface area contributed by atoms with Crippen LogP contribution >= 0.6 is 11.8 Å². The van der Waals surface area contributed by atoms with E-state index in [0.29, 0.717) is 0 Å². The van der Waals surface area contributed by atoms with Gasteiger partial charge in [0.1, 0.15) is 0 Å². The van der Waals surface area contributed by atoms with E-state index in [9.17, 15) is 0 Å². The first-order valence-corrected chi connectivity index (χ1v) is 7.77. The highest BCUT2D eigenvalue weighted by molar-refractivity contribution is 7.99. The highest BCUT2D eigenvalue weighted by Gasteiger charge is 2.29. The summed E-state index contributed by atoms with van der Waals surface area (Å²) in [4.78, 5) is 2.51. The van der Waals surface area contributed by atoms with Crippen molar-refractivity contribution in [1.29, 1.82) is 0 Å². The summed E-state index contributed by atoms with van der Waals surface area (Å²) in [5.74, 6) is 0. The van der Waals surface area contributed by atoms with Crippen LogP contribution in [0.5, 0.6) is 0 Å². The van der Waals surface area contributed by atoms with Crippen LogP contribution in [0.25, 0.3) is 0 Å².